The smallest absolute Gasteiger partial charge is 0.249 e. The van der Waals surface area contributed by atoms with Crippen LogP contribution < -0.4 is 10.6 Å². The number of aryl methyl sites for hydroxylation is 2. The fourth-order valence-electron chi connectivity index (χ4n) is 2.19. The summed E-state index contributed by atoms with van der Waals surface area (Å²) in [6.45, 7) is 6.58. The van der Waals surface area contributed by atoms with Crippen LogP contribution in [0.3, 0.4) is 0 Å². The quantitative estimate of drug-likeness (QED) is 0.834. The zero-order valence-electron chi connectivity index (χ0n) is 11.1. The van der Waals surface area contributed by atoms with E-state index in [1.807, 2.05) is 20.8 Å². The van der Waals surface area contributed by atoms with Gasteiger partial charge in [-0.3, -0.25) is 10.1 Å². The van der Waals surface area contributed by atoms with Crippen LogP contribution in [0, 0.1) is 13.8 Å². The number of aromatic nitrogens is 3. The van der Waals surface area contributed by atoms with E-state index in [4.69, 9.17) is 0 Å². The second kappa shape index (κ2) is 4.97. The Bertz CT molecular complexity index is 454. The topological polar surface area (TPSA) is 79.8 Å². The molecule has 1 aromatic heterocycles. The molecule has 1 amide bonds. The van der Waals surface area contributed by atoms with Gasteiger partial charge in [-0.25, -0.2) is 4.98 Å². The van der Waals surface area contributed by atoms with Gasteiger partial charge in [0, 0.05) is 0 Å². The first-order valence-electron chi connectivity index (χ1n) is 6.32. The van der Waals surface area contributed by atoms with E-state index in [0.717, 1.165) is 37.2 Å². The number of carbonyl (C=O) groups excluding carboxylic acids is 1. The van der Waals surface area contributed by atoms with Gasteiger partial charge in [0.15, 0.2) is 0 Å². The van der Waals surface area contributed by atoms with Crippen molar-refractivity contribution in [3.8, 4) is 0 Å². The lowest BCUT2D eigenvalue weighted by atomic mass is 9.93. The Morgan fingerprint density at radius 2 is 2.17 bits per heavy atom. The number of amides is 1. The van der Waals surface area contributed by atoms with Gasteiger partial charge in [0.25, 0.3) is 0 Å². The predicted molar refractivity (Wildman–Crippen MR) is 68.2 cm³/mol. The van der Waals surface area contributed by atoms with Gasteiger partial charge in [-0.2, -0.15) is 5.10 Å². The zero-order chi connectivity index (χ0) is 13.2. The summed E-state index contributed by atoms with van der Waals surface area (Å²) in [6.07, 6.45) is 2.64. The van der Waals surface area contributed by atoms with Crippen molar-refractivity contribution in [2.24, 2.45) is 0 Å². The van der Waals surface area contributed by atoms with Crippen molar-refractivity contribution in [3.05, 3.63) is 11.4 Å². The van der Waals surface area contributed by atoms with Crippen LogP contribution >= 0.6 is 0 Å². The van der Waals surface area contributed by atoms with Gasteiger partial charge >= 0.3 is 0 Å². The Morgan fingerprint density at radius 1 is 1.39 bits per heavy atom. The average Bonchev–Trinajstić information content (AvgIpc) is 2.84. The minimum atomic E-state index is -0.470. The van der Waals surface area contributed by atoms with E-state index >= 15 is 0 Å². The second-order valence-corrected chi connectivity index (χ2v) is 4.73. The molecule has 0 spiro atoms. The predicted octanol–water partition coefficient (Wildman–Crippen LogP) is 0.959. The second-order valence-electron chi connectivity index (χ2n) is 4.73. The first-order valence-corrected chi connectivity index (χ1v) is 6.32. The van der Waals surface area contributed by atoms with Crippen LogP contribution in [0.4, 0.5) is 5.95 Å². The molecule has 1 fully saturated rings. The molecule has 0 saturated carbocycles. The first-order chi connectivity index (χ1) is 8.57. The summed E-state index contributed by atoms with van der Waals surface area (Å²) in [4.78, 5) is 16.5. The summed E-state index contributed by atoms with van der Waals surface area (Å²) in [5.41, 5.74) is 1.09. The SMILES string of the molecule is CCC1(C(=O)Nc2nnc(C)c(C)n2)CCCN1. The molecule has 2 heterocycles. The van der Waals surface area contributed by atoms with E-state index in [9.17, 15) is 4.79 Å². The average molecular weight is 249 g/mol. The van der Waals surface area contributed by atoms with Gasteiger partial charge in [0.05, 0.1) is 16.9 Å². The molecule has 1 aliphatic heterocycles. The number of nitrogens with one attached hydrogen (secondary N) is 2. The van der Waals surface area contributed by atoms with Gasteiger partial charge < -0.3 is 5.32 Å². The van der Waals surface area contributed by atoms with Gasteiger partial charge in [0.1, 0.15) is 0 Å². The normalized spacial score (nSPS) is 23.1. The van der Waals surface area contributed by atoms with Crippen LogP contribution in [-0.4, -0.2) is 33.2 Å². The first kappa shape index (κ1) is 12.9. The molecule has 1 aliphatic rings. The highest BCUT2D eigenvalue weighted by molar-refractivity contribution is 5.97. The summed E-state index contributed by atoms with van der Waals surface area (Å²) < 4.78 is 0. The Labute approximate surface area is 107 Å². The summed E-state index contributed by atoms with van der Waals surface area (Å²) >= 11 is 0. The summed E-state index contributed by atoms with van der Waals surface area (Å²) in [5, 5.41) is 13.9. The molecule has 98 valence electrons. The largest absolute Gasteiger partial charge is 0.303 e. The fraction of sp³-hybridized carbons (Fsp3) is 0.667. The van der Waals surface area contributed by atoms with Gasteiger partial charge in [-0.15, -0.1) is 5.10 Å². The van der Waals surface area contributed by atoms with E-state index in [0.29, 0.717) is 0 Å². The highest BCUT2D eigenvalue weighted by atomic mass is 16.2. The number of anilines is 1. The zero-order valence-corrected chi connectivity index (χ0v) is 11.1. The van der Waals surface area contributed by atoms with Crippen LogP contribution in [0.1, 0.15) is 37.6 Å². The maximum Gasteiger partial charge on any atom is 0.249 e. The Balaban J connectivity index is 2.13. The molecule has 1 atom stereocenters. The van der Waals surface area contributed by atoms with E-state index in [1.165, 1.54) is 0 Å². The highest BCUT2D eigenvalue weighted by Crippen LogP contribution is 2.24. The summed E-state index contributed by atoms with van der Waals surface area (Å²) in [7, 11) is 0. The fourth-order valence-corrected chi connectivity index (χ4v) is 2.19. The van der Waals surface area contributed by atoms with Gasteiger partial charge in [-0.1, -0.05) is 6.92 Å². The molecule has 2 rings (SSSR count). The van der Waals surface area contributed by atoms with Crippen LogP contribution in [0.2, 0.25) is 0 Å². The van der Waals surface area contributed by atoms with Crippen molar-refractivity contribution in [3.63, 3.8) is 0 Å². The Hall–Kier alpha value is -1.56. The van der Waals surface area contributed by atoms with E-state index < -0.39 is 5.54 Å². The van der Waals surface area contributed by atoms with E-state index in [2.05, 4.69) is 25.8 Å². The molecule has 1 saturated heterocycles. The Morgan fingerprint density at radius 3 is 2.72 bits per heavy atom. The van der Waals surface area contributed by atoms with Crippen LogP contribution in [0.25, 0.3) is 0 Å². The molecular weight excluding hydrogens is 230 g/mol. The third-order valence-corrected chi connectivity index (χ3v) is 3.60. The van der Waals surface area contributed by atoms with Crippen LogP contribution in [0.5, 0.6) is 0 Å². The molecular formula is C12H19N5O. The number of rotatable bonds is 3. The molecule has 0 radical (unpaired) electrons. The van der Waals surface area contributed by atoms with Gasteiger partial charge in [-0.05, 0) is 39.7 Å². The molecule has 0 aromatic carbocycles. The summed E-state index contributed by atoms with van der Waals surface area (Å²) in [5.74, 6) is 0.220. The maximum absolute atomic E-state index is 12.3. The minimum Gasteiger partial charge on any atom is -0.303 e. The molecule has 6 heteroatoms. The minimum absolute atomic E-state index is 0.0625. The number of nitrogens with zero attached hydrogens (tertiary/aromatic N) is 3. The van der Waals surface area contributed by atoms with Crippen molar-refractivity contribution in [1.29, 1.82) is 0 Å². The lowest BCUT2D eigenvalue weighted by molar-refractivity contribution is -0.122. The van der Waals surface area contributed by atoms with Crippen LogP contribution in [0.15, 0.2) is 0 Å². The van der Waals surface area contributed by atoms with Crippen molar-refractivity contribution in [1.82, 2.24) is 20.5 Å². The lowest BCUT2D eigenvalue weighted by Crippen LogP contribution is -2.50. The van der Waals surface area contributed by atoms with Crippen LogP contribution in [-0.2, 0) is 4.79 Å². The molecule has 1 unspecified atom stereocenters. The molecule has 0 bridgehead atoms. The van der Waals surface area contributed by atoms with E-state index in [-0.39, 0.29) is 11.9 Å². The van der Waals surface area contributed by atoms with Crippen molar-refractivity contribution >= 4 is 11.9 Å². The van der Waals surface area contributed by atoms with Gasteiger partial charge in [0.2, 0.25) is 11.9 Å². The molecule has 0 aliphatic carbocycles. The monoisotopic (exact) mass is 249 g/mol. The standard InChI is InChI=1S/C12H19N5O/c1-4-12(6-5-7-13-12)10(18)15-11-14-8(2)9(3)16-17-11/h13H,4-7H2,1-3H3,(H,14,15,17,18). The molecule has 2 N–H and O–H groups in total. The van der Waals surface area contributed by atoms with Crippen molar-refractivity contribution in [2.75, 3.05) is 11.9 Å². The van der Waals surface area contributed by atoms with Crippen molar-refractivity contribution in [2.45, 2.75) is 45.6 Å². The Kier molecular flexibility index (Phi) is 3.56. The lowest BCUT2D eigenvalue weighted by Gasteiger charge is -2.26. The maximum atomic E-state index is 12.3. The number of hydrogen-bond acceptors (Lipinski definition) is 5. The highest BCUT2D eigenvalue weighted by Gasteiger charge is 2.39. The summed E-state index contributed by atoms with van der Waals surface area (Å²) in [6, 6.07) is 0. The third kappa shape index (κ3) is 2.33. The number of carbonyl (C=O) groups is 1. The molecule has 6 nitrogen and oxygen atoms in total. The van der Waals surface area contributed by atoms with E-state index in [1.54, 1.807) is 0 Å². The molecule has 18 heavy (non-hydrogen) atoms. The van der Waals surface area contributed by atoms with Crippen molar-refractivity contribution < 1.29 is 4.79 Å². The number of hydrogen-bond donors (Lipinski definition) is 2. The third-order valence-electron chi connectivity index (χ3n) is 3.60. The molecule has 1 aromatic rings.